The molecule has 1 aromatic rings. The smallest absolute Gasteiger partial charge is 0.304 e. The van der Waals surface area contributed by atoms with Gasteiger partial charge >= 0.3 is 5.97 Å². The van der Waals surface area contributed by atoms with Gasteiger partial charge in [-0.25, -0.2) is 4.98 Å². The fraction of sp³-hybridized carbons (Fsp3) is 0.667. The molecule has 2 N–H and O–H groups in total. The molecule has 1 unspecified atom stereocenters. The summed E-state index contributed by atoms with van der Waals surface area (Å²) in [6.45, 7) is 1.89. The second-order valence-electron chi connectivity index (χ2n) is 4.70. The number of carbonyl (C=O) groups is 1. The Morgan fingerprint density at radius 2 is 2.31 bits per heavy atom. The van der Waals surface area contributed by atoms with Crippen molar-refractivity contribution < 1.29 is 9.90 Å². The summed E-state index contributed by atoms with van der Waals surface area (Å²) in [7, 11) is 0. The summed E-state index contributed by atoms with van der Waals surface area (Å²) < 4.78 is 0. The summed E-state index contributed by atoms with van der Waals surface area (Å²) in [5, 5.41) is 8.72. The fourth-order valence-electron chi connectivity index (χ4n) is 2.40. The molecule has 4 heteroatoms. The van der Waals surface area contributed by atoms with Crippen molar-refractivity contribution in [2.45, 2.75) is 50.9 Å². The lowest BCUT2D eigenvalue weighted by Gasteiger charge is -2.06. The first-order valence-electron chi connectivity index (χ1n) is 5.93. The van der Waals surface area contributed by atoms with Gasteiger partial charge in [0.25, 0.3) is 0 Å². The van der Waals surface area contributed by atoms with Crippen molar-refractivity contribution in [3.05, 3.63) is 17.7 Å². The number of H-pyrrole nitrogens is 1. The molecule has 0 amide bonds. The Balaban J connectivity index is 2.03. The minimum Gasteiger partial charge on any atom is -0.481 e. The first kappa shape index (κ1) is 11.2. The Kier molecular flexibility index (Phi) is 3.27. The van der Waals surface area contributed by atoms with Gasteiger partial charge in [0.2, 0.25) is 0 Å². The Hall–Kier alpha value is -1.32. The summed E-state index contributed by atoms with van der Waals surface area (Å²) in [6.07, 6.45) is 7.07. The van der Waals surface area contributed by atoms with Crippen LogP contribution in [0, 0.1) is 0 Å². The fourth-order valence-corrected chi connectivity index (χ4v) is 2.40. The van der Waals surface area contributed by atoms with Crippen molar-refractivity contribution in [3.63, 3.8) is 0 Å². The third-order valence-electron chi connectivity index (χ3n) is 3.36. The van der Waals surface area contributed by atoms with E-state index in [1.165, 1.54) is 31.4 Å². The molecule has 16 heavy (non-hydrogen) atoms. The van der Waals surface area contributed by atoms with Gasteiger partial charge in [-0.1, -0.05) is 19.8 Å². The van der Waals surface area contributed by atoms with E-state index in [2.05, 4.69) is 9.97 Å². The van der Waals surface area contributed by atoms with Gasteiger partial charge < -0.3 is 10.1 Å². The van der Waals surface area contributed by atoms with Crippen molar-refractivity contribution >= 4 is 5.97 Å². The van der Waals surface area contributed by atoms with Gasteiger partial charge in [0.05, 0.1) is 6.42 Å². The van der Waals surface area contributed by atoms with Crippen molar-refractivity contribution in [1.82, 2.24) is 9.97 Å². The number of hydrogen-bond donors (Lipinski definition) is 2. The van der Waals surface area contributed by atoms with Gasteiger partial charge in [0, 0.05) is 23.7 Å². The molecule has 1 fully saturated rings. The van der Waals surface area contributed by atoms with E-state index in [1.54, 1.807) is 0 Å². The molecule has 0 aliphatic heterocycles. The molecule has 88 valence electrons. The average Bonchev–Trinajstić information content (AvgIpc) is 2.87. The van der Waals surface area contributed by atoms with Gasteiger partial charge in [-0.15, -0.1) is 0 Å². The van der Waals surface area contributed by atoms with Crippen molar-refractivity contribution in [3.8, 4) is 0 Å². The molecule has 0 saturated heterocycles. The Morgan fingerprint density at radius 3 is 2.94 bits per heavy atom. The number of aromatic amines is 1. The maximum absolute atomic E-state index is 10.6. The summed E-state index contributed by atoms with van der Waals surface area (Å²) in [5.74, 6) is 0.613. The second-order valence-corrected chi connectivity index (χ2v) is 4.70. The molecule has 2 rings (SSSR count). The van der Waals surface area contributed by atoms with Crippen molar-refractivity contribution in [1.29, 1.82) is 0 Å². The van der Waals surface area contributed by atoms with Gasteiger partial charge in [-0.05, 0) is 12.8 Å². The van der Waals surface area contributed by atoms with Crippen LogP contribution in [0.2, 0.25) is 0 Å². The number of hydrogen-bond acceptors (Lipinski definition) is 2. The molecule has 0 spiro atoms. The minimum absolute atomic E-state index is 0.0346. The van der Waals surface area contributed by atoms with E-state index < -0.39 is 5.97 Å². The van der Waals surface area contributed by atoms with Crippen LogP contribution in [0.3, 0.4) is 0 Å². The van der Waals surface area contributed by atoms with Gasteiger partial charge in [0.15, 0.2) is 0 Å². The maximum atomic E-state index is 10.6. The third-order valence-corrected chi connectivity index (χ3v) is 3.36. The molecule has 0 bridgehead atoms. The van der Waals surface area contributed by atoms with E-state index in [0.29, 0.717) is 5.92 Å². The molecule has 1 aliphatic carbocycles. The quantitative estimate of drug-likeness (QED) is 0.823. The molecule has 1 atom stereocenters. The van der Waals surface area contributed by atoms with Gasteiger partial charge in [-0.2, -0.15) is 0 Å². The van der Waals surface area contributed by atoms with Gasteiger partial charge in [-0.3, -0.25) is 4.79 Å². The molecular weight excluding hydrogens is 204 g/mol. The van der Waals surface area contributed by atoms with Crippen LogP contribution < -0.4 is 0 Å². The Bertz CT molecular complexity index is 367. The Labute approximate surface area is 95.1 Å². The number of aliphatic carboxylic acids is 1. The first-order valence-corrected chi connectivity index (χ1v) is 5.93. The normalized spacial score (nSPS) is 18.8. The molecule has 0 aromatic carbocycles. The summed E-state index contributed by atoms with van der Waals surface area (Å²) >= 11 is 0. The van der Waals surface area contributed by atoms with E-state index in [4.69, 9.17) is 5.11 Å². The average molecular weight is 222 g/mol. The van der Waals surface area contributed by atoms with Crippen LogP contribution in [-0.4, -0.2) is 21.0 Å². The van der Waals surface area contributed by atoms with Crippen LogP contribution in [0.25, 0.3) is 0 Å². The van der Waals surface area contributed by atoms with E-state index >= 15 is 0 Å². The van der Waals surface area contributed by atoms with Crippen LogP contribution in [0.5, 0.6) is 0 Å². The highest BCUT2D eigenvalue weighted by atomic mass is 16.4. The molecular formula is C12H18N2O2. The highest BCUT2D eigenvalue weighted by molar-refractivity contribution is 5.67. The SMILES string of the molecule is CC(CC(=O)O)c1ncc(C2CCCC2)[nH]1. The number of aromatic nitrogens is 2. The molecule has 1 aliphatic rings. The minimum atomic E-state index is -0.772. The number of carboxylic acid groups (broad SMARTS) is 1. The summed E-state index contributed by atoms with van der Waals surface area (Å²) in [6, 6.07) is 0. The van der Waals surface area contributed by atoms with Crippen molar-refractivity contribution in [2.24, 2.45) is 0 Å². The maximum Gasteiger partial charge on any atom is 0.304 e. The zero-order valence-corrected chi connectivity index (χ0v) is 9.57. The monoisotopic (exact) mass is 222 g/mol. The first-order chi connectivity index (χ1) is 7.66. The number of nitrogens with zero attached hydrogens (tertiary/aromatic N) is 1. The lowest BCUT2D eigenvalue weighted by atomic mass is 10.1. The zero-order valence-electron chi connectivity index (χ0n) is 9.57. The number of nitrogens with one attached hydrogen (secondary N) is 1. The predicted octanol–water partition coefficient (Wildman–Crippen LogP) is 2.65. The van der Waals surface area contributed by atoms with Gasteiger partial charge in [0.1, 0.15) is 5.82 Å². The van der Waals surface area contributed by atoms with Crippen LogP contribution >= 0.6 is 0 Å². The number of imidazole rings is 1. The van der Waals surface area contributed by atoms with E-state index in [0.717, 1.165) is 5.82 Å². The van der Waals surface area contributed by atoms with Crippen LogP contribution in [-0.2, 0) is 4.79 Å². The lowest BCUT2D eigenvalue weighted by Crippen LogP contribution is -2.04. The second kappa shape index (κ2) is 4.68. The molecule has 1 saturated carbocycles. The number of carboxylic acids is 1. The highest BCUT2D eigenvalue weighted by Gasteiger charge is 2.20. The topological polar surface area (TPSA) is 66.0 Å². The number of rotatable bonds is 4. The molecule has 4 nitrogen and oxygen atoms in total. The lowest BCUT2D eigenvalue weighted by molar-refractivity contribution is -0.137. The van der Waals surface area contributed by atoms with Crippen LogP contribution in [0.1, 0.15) is 62.4 Å². The zero-order chi connectivity index (χ0) is 11.5. The summed E-state index contributed by atoms with van der Waals surface area (Å²) in [4.78, 5) is 18.2. The van der Waals surface area contributed by atoms with Crippen LogP contribution in [0.4, 0.5) is 0 Å². The Morgan fingerprint density at radius 1 is 1.62 bits per heavy atom. The molecule has 0 radical (unpaired) electrons. The molecule has 1 heterocycles. The largest absolute Gasteiger partial charge is 0.481 e. The standard InChI is InChI=1S/C12H18N2O2/c1-8(6-11(15)16)12-13-7-10(14-12)9-4-2-3-5-9/h7-9H,2-6H2,1H3,(H,13,14)(H,15,16). The van der Waals surface area contributed by atoms with E-state index in [1.807, 2.05) is 13.1 Å². The van der Waals surface area contributed by atoms with E-state index in [-0.39, 0.29) is 12.3 Å². The third kappa shape index (κ3) is 2.43. The molecule has 1 aromatic heterocycles. The predicted molar refractivity (Wildman–Crippen MR) is 60.5 cm³/mol. The van der Waals surface area contributed by atoms with E-state index in [9.17, 15) is 4.79 Å². The van der Waals surface area contributed by atoms with Crippen molar-refractivity contribution in [2.75, 3.05) is 0 Å². The van der Waals surface area contributed by atoms with Crippen LogP contribution in [0.15, 0.2) is 6.20 Å². The highest BCUT2D eigenvalue weighted by Crippen LogP contribution is 2.33. The summed E-state index contributed by atoms with van der Waals surface area (Å²) in [5.41, 5.74) is 1.18.